The van der Waals surface area contributed by atoms with Crippen LogP contribution in [0.4, 0.5) is 30.7 Å². The molecule has 2 aliphatic heterocycles. The molecule has 3 aliphatic rings. The number of benzene rings is 2. The van der Waals surface area contributed by atoms with Gasteiger partial charge in [0.25, 0.3) is 5.91 Å². The van der Waals surface area contributed by atoms with Crippen LogP contribution in [0.3, 0.4) is 0 Å². The molecule has 1 saturated carbocycles. The number of pyridine rings is 1. The van der Waals surface area contributed by atoms with Crippen LogP contribution in [-0.4, -0.2) is 70.3 Å². The highest BCUT2D eigenvalue weighted by Crippen LogP contribution is 2.51. The Morgan fingerprint density at radius 3 is 2.39 bits per heavy atom. The van der Waals surface area contributed by atoms with E-state index < -0.39 is 77.3 Å². The van der Waals surface area contributed by atoms with Gasteiger partial charge in [0.2, 0.25) is 11.5 Å². The minimum atomic E-state index is -5.53. The number of nitrogens with zero attached hydrogens (tertiary/aromatic N) is 3. The van der Waals surface area contributed by atoms with E-state index in [1.165, 1.54) is 26.2 Å². The van der Waals surface area contributed by atoms with Crippen molar-refractivity contribution in [1.29, 1.82) is 0 Å². The van der Waals surface area contributed by atoms with E-state index in [0.717, 1.165) is 37.1 Å². The molecule has 19 heteroatoms. The summed E-state index contributed by atoms with van der Waals surface area (Å²) in [5, 5.41) is 18.4. The number of halogens is 7. The third-order valence-electron chi connectivity index (χ3n) is 9.04. The quantitative estimate of drug-likeness (QED) is 0.219. The van der Waals surface area contributed by atoms with Gasteiger partial charge in [0.15, 0.2) is 11.5 Å². The molecule has 2 aromatic heterocycles. The van der Waals surface area contributed by atoms with Crippen molar-refractivity contribution in [3.8, 4) is 34.3 Å². The lowest BCUT2D eigenvalue weighted by Gasteiger charge is -2.32. The van der Waals surface area contributed by atoms with Crippen molar-refractivity contribution in [1.82, 2.24) is 20.1 Å². The van der Waals surface area contributed by atoms with E-state index in [0.29, 0.717) is 10.9 Å². The Balaban J connectivity index is 1.29. The van der Waals surface area contributed by atoms with Crippen LogP contribution >= 0.6 is 0 Å². The molecule has 1 unspecified atom stereocenters. The van der Waals surface area contributed by atoms with Gasteiger partial charge in [-0.3, -0.25) is 14.3 Å². The molecule has 0 radical (unpaired) electrons. The molecule has 270 valence electrons. The van der Waals surface area contributed by atoms with E-state index in [2.05, 4.69) is 24.9 Å². The number of ether oxygens (including phenoxy) is 4. The summed E-state index contributed by atoms with van der Waals surface area (Å²) in [6.45, 7) is -0.739. The van der Waals surface area contributed by atoms with Gasteiger partial charge < -0.3 is 35.1 Å². The number of carbonyl (C=O) groups excluding carboxylic acids is 2. The molecule has 2 atom stereocenters. The predicted molar refractivity (Wildman–Crippen MR) is 160 cm³/mol. The highest BCUT2D eigenvalue weighted by Gasteiger charge is 2.66. The molecule has 4 heterocycles. The van der Waals surface area contributed by atoms with Gasteiger partial charge in [0.1, 0.15) is 34.7 Å². The fourth-order valence-corrected chi connectivity index (χ4v) is 5.79. The molecule has 0 spiro atoms. The van der Waals surface area contributed by atoms with Crippen LogP contribution in [-0.2, 0) is 15.8 Å². The number of aliphatic hydroxyl groups is 1. The zero-order valence-electron chi connectivity index (χ0n) is 26.4. The zero-order valence-corrected chi connectivity index (χ0v) is 26.4. The largest absolute Gasteiger partial charge is 0.507 e. The van der Waals surface area contributed by atoms with Crippen LogP contribution in [0.2, 0.25) is 0 Å². The van der Waals surface area contributed by atoms with E-state index in [1.54, 1.807) is 10.9 Å². The van der Waals surface area contributed by atoms with Gasteiger partial charge in [0.05, 0.1) is 25.4 Å². The second kappa shape index (κ2) is 11.1. The highest BCUT2D eigenvalue weighted by molar-refractivity contribution is 6.00. The number of nitrogens with one attached hydrogen (secondary N) is 1. The lowest BCUT2D eigenvalue weighted by Crippen LogP contribution is -2.52. The molecular formula is C32H26F7N5O7. The predicted octanol–water partition coefficient (Wildman–Crippen LogP) is 4.71. The molecule has 4 N–H and O–H groups in total. The molecule has 1 fully saturated rings. The summed E-state index contributed by atoms with van der Waals surface area (Å²) in [7, 11) is 1.33. The standard InChI is InChI=1S/C32H26F7N5O7/c1-28(27(40)46)13-49-25-18(28)10-22(42-24(25)14-3-6-19-20(8-14)51-32(38,39)31(36,37)50-19)29(47,30(33,34)35)12-41-26(45)15-7-16-11-44(17-4-5-17)43-23(16)21(9-15)48-2/h3,6-11,17,47H,4-5,12-13H2,1-2H3,(H2,40,46)(H,41,45)/t28-,29?/m0/s1. The lowest BCUT2D eigenvalue weighted by atomic mass is 9.81. The maximum absolute atomic E-state index is 14.9. The molecule has 7 rings (SSSR count). The van der Waals surface area contributed by atoms with Gasteiger partial charge >= 0.3 is 18.4 Å². The second-order valence-electron chi connectivity index (χ2n) is 12.6. The highest BCUT2D eigenvalue weighted by atomic mass is 19.4. The van der Waals surface area contributed by atoms with Gasteiger partial charge in [-0.15, -0.1) is 0 Å². The lowest BCUT2D eigenvalue weighted by molar-refractivity contribution is -0.391. The maximum Gasteiger partial charge on any atom is 0.507 e. The maximum atomic E-state index is 14.9. The van der Waals surface area contributed by atoms with Crippen LogP contribution in [0.1, 0.15) is 47.4 Å². The number of hydrogen-bond acceptors (Lipinski definition) is 9. The van der Waals surface area contributed by atoms with Crippen LogP contribution in [0, 0.1) is 0 Å². The van der Waals surface area contributed by atoms with E-state index in [9.17, 15) is 45.4 Å². The van der Waals surface area contributed by atoms with Gasteiger partial charge in [-0.2, -0.15) is 35.8 Å². The molecule has 2 aromatic carbocycles. The summed E-state index contributed by atoms with van der Waals surface area (Å²) >= 11 is 0. The van der Waals surface area contributed by atoms with E-state index in [4.69, 9.17) is 15.2 Å². The van der Waals surface area contributed by atoms with E-state index in [1.807, 2.05) is 0 Å². The fourth-order valence-electron chi connectivity index (χ4n) is 5.79. The normalized spacial score (nSPS) is 21.4. The molecule has 2 amide bonds. The number of nitrogens with two attached hydrogens (primary N) is 1. The Kier molecular flexibility index (Phi) is 7.42. The van der Waals surface area contributed by atoms with Crippen LogP contribution < -0.4 is 30.0 Å². The Hall–Kier alpha value is -5.33. The average molecular weight is 726 g/mol. The van der Waals surface area contributed by atoms with Crippen molar-refractivity contribution < 1.29 is 64.4 Å². The van der Waals surface area contributed by atoms with Crippen LogP contribution in [0.5, 0.6) is 23.0 Å². The second-order valence-corrected chi connectivity index (χ2v) is 12.6. The minimum Gasteiger partial charge on any atom is -0.494 e. The van der Waals surface area contributed by atoms with Crippen molar-refractivity contribution in [2.24, 2.45) is 5.73 Å². The van der Waals surface area contributed by atoms with Crippen molar-refractivity contribution in [2.45, 2.75) is 55.2 Å². The van der Waals surface area contributed by atoms with E-state index >= 15 is 0 Å². The van der Waals surface area contributed by atoms with Crippen molar-refractivity contribution in [3.05, 3.63) is 59.4 Å². The third-order valence-corrected chi connectivity index (χ3v) is 9.04. The van der Waals surface area contributed by atoms with Crippen molar-refractivity contribution in [2.75, 3.05) is 20.3 Å². The summed E-state index contributed by atoms with van der Waals surface area (Å²) < 4.78 is 121. The fraction of sp³-hybridized carbons (Fsp3) is 0.375. The molecule has 4 aromatic rings. The summed E-state index contributed by atoms with van der Waals surface area (Å²) in [4.78, 5) is 29.8. The first-order valence-corrected chi connectivity index (χ1v) is 15.2. The number of hydrogen-bond donors (Lipinski definition) is 3. The van der Waals surface area contributed by atoms with Crippen LogP contribution in [0.25, 0.3) is 22.2 Å². The average Bonchev–Trinajstić information content (AvgIpc) is 3.73. The number of methoxy groups -OCH3 is 1. The summed E-state index contributed by atoms with van der Waals surface area (Å²) in [5.41, 5.74) is -2.08. The number of aromatic nitrogens is 3. The Labute approximate surface area is 282 Å². The Bertz CT molecular complexity index is 2120. The first-order chi connectivity index (χ1) is 23.8. The number of alkyl halides is 7. The molecule has 12 nitrogen and oxygen atoms in total. The SMILES string of the molecule is COc1cc(C(=O)NCC(O)(c2cc3c(c(-c4ccc5c(c4)OC(F)(F)C(F)(F)O5)n2)OC[C@]3(C)C(N)=O)C(F)(F)F)cc2cn(C3CC3)nc12. The Morgan fingerprint density at radius 2 is 1.76 bits per heavy atom. The molecule has 1 aliphatic carbocycles. The molecule has 0 saturated heterocycles. The van der Waals surface area contributed by atoms with Crippen molar-refractivity contribution in [3.63, 3.8) is 0 Å². The van der Waals surface area contributed by atoms with Gasteiger partial charge in [-0.1, -0.05) is 0 Å². The monoisotopic (exact) mass is 725 g/mol. The zero-order chi connectivity index (χ0) is 36.9. The first-order valence-electron chi connectivity index (χ1n) is 15.2. The molecular weight excluding hydrogens is 699 g/mol. The number of carbonyl (C=O) groups is 2. The number of amides is 2. The molecule has 51 heavy (non-hydrogen) atoms. The number of rotatable bonds is 8. The Morgan fingerprint density at radius 1 is 1.08 bits per heavy atom. The van der Waals surface area contributed by atoms with E-state index in [-0.39, 0.29) is 34.2 Å². The summed E-state index contributed by atoms with van der Waals surface area (Å²) in [6.07, 6.45) is -12.2. The van der Waals surface area contributed by atoms with Crippen molar-refractivity contribution >= 4 is 22.7 Å². The minimum absolute atomic E-state index is 0.116. The van der Waals surface area contributed by atoms with Gasteiger partial charge in [-0.25, -0.2) is 4.98 Å². The van der Waals surface area contributed by atoms with Crippen LogP contribution in [0.15, 0.2) is 42.6 Å². The smallest absolute Gasteiger partial charge is 0.494 e. The number of primary amides is 1. The summed E-state index contributed by atoms with van der Waals surface area (Å²) in [5.74, 6) is -3.95. The van der Waals surface area contributed by atoms with Gasteiger partial charge in [0, 0.05) is 28.3 Å². The molecule has 0 bridgehead atoms. The first kappa shape index (κ1) is 34.1. The summed E-state index contributed by atoms with van der Waals surface area (Å²) in [6, 6.07) is 6.10. The third kappa shape index (κ3) is 5.40. The van der Waals surface area contributed by atoms with Gasteiger partial charge in [-0.05, 0) is 56.2 Å². The number of fused-ring (bicyclic) bond motifs is 3. The topological polar surface area (TPSA) is 160 Å².